The average Bonchev–Trinajstić information content (AvgIpc) is 3.06. The lowest BCUT2D eigenvalue weighted by Gasteiger charge is -2.25. The highest BCUT2D eigenvalue weighted by molar-refractivity contribution is 7.93. The van der Waals surface area contributed by atoms with Crippen LogP contribution in [0.5, 0.6) is 0 Å². The van der Waals surface area contributed by atoms with Crippen molar-refractivity contribution in [3.05, 3.63) is 35.8 Å². The number of aliphatic carboxylic acids is 1. The number of aromatic nitrogens is 1. The van der Waals surface area contributed by atoms with E-state index in [0.717, 1.165) is 0 Å². The number of nitrogens with one attached hydrogen (secondary N) is 2. The van der Waals surface area contributed by atoms with Crippen molar-refractivity contribution in [1.29, 1.82) is 0 Å². The number of nitrogens with zero attached hydrogens (tertiary/aromatic N) is 1. The number of hydrogen-bond donors (Lipinski definition) is 3. The van der Waals surface area contributed by atoms with Gasteiger partial charge in [0.1, 0.15) is 0 Å². The lowest BCUT2D eigenvalue weighted by Crippen LogP contribution is -2.27. The molecular formula is C17H21N3O5S2. The number of carboxylic acids is 1. The second-order valence-corrected chi connectivity index (χ2v) is 9.00. The quantitative estimate of drug-likeness (QED) is 0.582. The highest BCUT2D eigenvalue weighted by atomic mass is 32.2. The molecule has 2 rings (SSSR count). The lowest BCUT2D eigenvalue weighted by atomic mass is 9.80. The second kappa shape index (κ2) is 8.49. The lowest BCUT2D eigenvalue weighted by molar-refractivity contribution is -0.140. The SMILES string of the molecule is CC[C@@](C)(CC(=O)O)CC(=O)Nc1ccc(S(=O)(=O)Nc2nccs2)cc1. The molecular weight excluding hydrogens is 390 g/mol. The van der Waals surface area contributed by atoms with Crippen molar-refractivity contribution in [1.82, 2.24) is 4.98 Å². The summed E-state index contributed by atoms with van der Waals surface area (Å²) >= 11 is 1.17. The smallest absolute Gasteiger partial charge is 0.303 e. The number of benzene rings is 1. The van der Waals surface area contributed by atoms with E-state index in [-0.39, 0.29) is 28.8 Å². The maximum absolute atomic E-state index is 12.3. The van der Waals surface area contributed by atoms with Gasteiger partial charge in [0, 0.05) is 23.7 Å². The van der Waals surface area contributed by atoms with Crippen LogP contribution in [-0.4, -0.2) is 30.4 Å². The van der Waals surface area contributed by atoms with Crippen molar-refractivity contribution in [3.63, 3.8) is 0 Å². The van der Waals surface area contributed by atoms with Gasteiger partial charge in [-0.3, -0.25) is 14.3 Å². The molecule has 3 N–H and O–H groups in total. The molecule has 1 atom stereocenters. The number of hydrogen-bond acceptors (Lipinski definition) is 6. The molecule has 0 radical (unpaired) electrons. The van der Waals surface area contributed by atoms with Crippen LogP contribution in [0, 0.1) is 5.41 Å². The first-order chi connectivity index (χ1) is 12.6. The zero-order valence-corrected chi connectivity index (χ0v) is 16.6. The molecule has 0 bridgehead atoms. The molecule has 27 heavy (non-hydrogen) atoms. The van der Waals surface area contributed by atoms with Crippen LogP contribution in [0.2, 0.25) is 0 Å². The number of anilines is 2. The number of carbonyl (C=O) groups excluding carboxylic acids is 1. The summed E-state index contributed by atoms with van der Waals surface area (Å²) in [5.74, 6) is -1.27. The summed E-state index contributed by atoms with van der Waals surface area (Å²) in [4.78, 5) is 27.1. The van der Waals surface area contributed by atoms with Crippen molar-refractivity contribution in [2.75, 3.05) is 10.0 Å². The van der Waals surface area contributed by atoms with Crippen molar-refractivity contribution in [2.45, 2.75) is 38.0 Å². The molecule has 1 amide bonds. The Hall–Kier alpha value is -2.46. The Bertz CT molecular complexity index is 895. The molecule has 0 spiro atoms. The fraction of sp³-hybridized carbons (Fsp3) is 0.353. The molecule has 1 aromatic carbocycles. The molecule has 8 nitrogen and oxygen atoms in total. The van der Waals surface area contributed by atoms with E-state index in [2.05, 4.69) is 15.0 Å². The molecule has 0 saturated carbocycles. The Morgan fingerprint density at radius 3 is 2.41 bits per heavy atom. The third-order valence-corrected chi connectivity index (χ3v) is 6.29. The van der Waals surface area contributed by atoms with Crippen LogP contribution in [0.1, 0.15) is 33.1 Å². The maximum Gasteiger partial charge on any atom is 0.303 e. The van der Waals surface area contributed by atoms with Crippen molar-refractivity contribution in [3.8, 4) is 0 Å². The molecule has 0 aliphatic carbocycles. The molecule has 2 aromatic rings. The Morgan fingerprint density at radius 2 is 1.89 bits per heavy atom. The van der Waals surface area contributed by atoms with Gasteiger partial charge in [-0.1, -0.05) is 13.8 Å². The van der Waals surface area contributed by atoms with Crippen LogP contribution >= 0.6 is 11.3 Å². The first-order valence-corrected chi connectivity index (χ1v) is 10.5. The van der Waals surface area contributed by atoms with Gasteiger partial charge >= 0.3 is 5.97 Å². The minimum atomic E-state index is -3.75. The number of carboxylic acid groups (broad SMARTS) is 1. The first kappa shape index (κ1) is 20.8. The van der Waals surface area contributed by atoms with Crippen molar-refractivity contribution < 1.29 is 23.1 Å². The zero-order valence-electron chi connectivity index (χ0n) is 14.9. The molecule has 0 saturated heterocycles. The monoisotopic (exact) mass is 411 g/mol. The first-order valence-electron chi connectivity index (χ1n) is 8.17. The average molecular weight is 412 g/mol. The standard InChI is InChI=1S/C17H21N3O5S2/c1-3-17(2,11-15(22)23)10-14(21)19-12-4-6-13(7-5-12)27(24,25)20-16-18-8-9-26-16/h4-9H,3,10-11H2,1-2H3,(H,18,20)(H,19,21)(H,22,23)/t17-/m1/s1. The van der Waals surface area contributed by atoms with Gasteiger partial charge in [0.2, 0.25) is 5.91 Å². The molecule has 0 aliphatic rings. The number of carbonyl (C=O) groups is 2. The summed E-state index contributed by atoms with van der Waals surface area (Å²) in [5, 5.41) is 13.6. The number of thiazole rings is 1. The zero-order chi connectivity index (χ0) is 20.1. The van der Waals surface area contributed by atoms with Gasteiger partial charge in [0.05, 0.1) is 11.3 Å². The van der Waals surface area contributed by atoms with E-state index in [1.54, 1.807) is 12.3 Å². The molecule has 0 aliphatic heterocycles. The second-order valence-electron chi connectivity index (χ2n) is 6.43. The fourth-order valence-electron chi connectivity index (χ4n) is 2.44. The predicted molar refractivity (Wildman–Crippen MR) is 103 cm³/mol. The van der Waals surface area contributed by atoms with E-state index in [9.17, 15) is 18.0 Å². The summed E-state index contributed by atoms with van der Waals surface area (Å²) in [6.45, 7) is 3.59. The summed E-state index contributed by atoms with van der Waals surface area (Å²) in [5.41, 5.74) is -0.210. The maximum atomic E-state index is 12.3. The summed E-state index contributed by atoms with van der Waals surface area (Å²) in [6.07, 6.45) is 2.00. The van der Waals surface area contributed by atoms with Crippen LogP contribution in [0.15, 0.2) is 40.7 Å². The van der Waals surface area contributed by atoms with E-state index in [0.29, 0.717) is 12.1 Å². The highest BCUT2D eigenvalue weighted by Crippen LogP contribution is 2.30. The van der Waals surface area contributed by atoms with Gasteiger partial charge in [-0.15, -0.1) is 11.3 Å². The number of rotatable bonds is 9. The van der Waals surface area contributed by atoms with E-state index in [4.69, 9.17) is 5.11 Å². The normalized spacial score (nSPS) is 13.6. The topological polar surface area (TPSA) is 125 Å². The Kier molecular flexibility index (Phi) is 6.55. The number of amides is 1. The van der Waals surface area contributed by atoms with Gasteiger partial charge in [-0.2, -0.15) is 0 Å². The molecule has 10 heteroatoms. The predicted octanol–water partition coefficient (Wildman–Crippen LogP) is 3.16. The van der Waals surface area contributed by atoms with E-state index in [1.165, 1.54) is 41.8 Å². The highest BCUT2D eigenvalue weighted by Gasteiger charge is 2.28. The van der Waals surface area contributed by atoms with Crippen LogP contribution < -0.4 is 10.0 Å². The minimum absolute atomic E-state index is 0.0416. The third-order valence-electron chi connectivity index (χ3n) is 4.12. The van der Waals surface area contributed by atoms with E-state index >= 15 is 0 Å². The van der Waals surface area contributed by atoms with Crippen molar-refractivity contribution in [2.24, 2.45) is 5.41 Å². The van der Waals surface area contributed by atoms with Crippen LogP contribution in [-0.2, 0) is 19.6 Å². The summed E-state index contributed by atoms with van der Waals surface area (Å²) in [7, 11) is -3.75. The Labute approximate surface area is 161 Å². The van der Waals surface area contributed by atoms with Gasteiger partial charge in [-0.25, -0.2) is 13.4 Å². The fourth-order valence-corrected chi connectivity index (χ4v) is 4.22. The van der Waals surface area contributed by atoms with E-state index < -0.39 is 21.4 Å². The largest absolute Gasteiger partial charge is 0.481 e. The van der Waals surface area contributed by atoms with Gasteiger partial charge in [-0.05, 0) is 36.1 Å². The van der Waals surface area contributed by atoms with Crippen LogP contribution in [0.25, 0.3) is 0 Å². The van der Waals surface area contributed by atoms with Crippen LogP contribution in [0.3, 0.4) is 0 Å². The Morgan fingerprint density at radius 1 is 1.22 bits per heavy atom. The van der Waals surface area contributed by atoms with Crippen LogP contribution in [0.4, 0.5) is 10.8 Å². The minimum Gasteiger partial charge on any atom is -0.481 e. The number of sulfonamides is 1. The Balaban J connectivity index is 2.02. The molecule has 1 heterocycles. The van der Waals surface area contributed by atoms with E-state index in [1.807, 2.05) is 6.92 Å². The summed E-state index contributed by atoms with van der Waals surface area (Å²) in [6, 6.07) is 5.72. The molecule has 1 aromatic heterocycles. The van der Waals surface area contributed by atoms with Gasteiger partial charge in [0.15, 0.2) is 5.13 Å². The molecule has 0 unspecified atom stereocenters. The molecule has 146 valence electrons. The van der Waals surface area contributed by atoms with Gasteiger partial charge < -0.3 is 10.4 Å². The van der Waals surface area contributed by atoms with Gasteiger partial charge in [0.25, 0.3) is 10.0 Å². The third kappa shape index (κ3) is 6.04. The molecule has 0 fully saturated rings. The van der Waals surface area contributed by atoms with Crippen molar-refractivity contribution >= 4 is 44.1 Å². The summed E-state index contributed by atoms with van der Waals surface area (Å²) < 4.78 is 26.9.